The van der Waals surface area contributed by atoms with E-state index < -0.39 is 110 Å². The molecule has 0 spiro atoms. The fraction of sp³-hybridized carbons (Fsp3) is 0.727. The molecule has 0 saturated heterocycles. The number of alkyl halides is 26. The summed E-state index contributed by atoms with van der Waals surface area (Å²) in [5, 5.41) is 0. The number of esters is 2. The smallest absolute Gasteiger partial charge is 0.460 e. The average molecular weight is 834 g/mol. The molecule has 0 fully saturated rings. The van der Waals surface area contributed by atoms with Gasteiger partial charge in [-0.1, -0.05) is 12.2 Å². The molecular weight excluding hydrogens is 822 g/mol. The molecule has 0 radical (unpaired) electrons. The summed E-state index contributed by atoms with van der Waals surface area (Å²) in [7, 11) is 0. The minimum Gasteiger partial charge on any atom is -0.462 e. The Morgan fingerprint density at radius 3 is 0.769 bits per heavy atom. The van der Waals surface area contributed by atoms with Crippen LogP contribution < -0.4 is 0 Å². The molecule has 0 N–H and O–H groups in total. The largest absolute Gasteiger partial charge is 0.462 e. The maximum atomic E-state index is 13.6. The lowest BCUT2D eigenvalue weighted by atomic mass is 9.93. The summed E-state index contributed by atoms with van der Waals surface area (Å²) in [5.74, 6) is -81.4. The summed E-state index contributed by atoms with van der Waals surface area (Å²) in [4.78, 5) is 22.6. The summed E-state index contributed by atoms with van der Waals surface area (Å²) < 4.78 is 346. The second-order valence-electron chi connectivity index (χ2n) is 9.55. The van der Waals surface area contributed by atoms with Gasteiger partial charge in [-0.3, -0.25) is 0 Å². The van der Waals surface area contributed by atoms with E-state index in [0.717, 1.165) is 0 Å². The molecule has 0 aliphatic carbocycles. The molecule has 0 bridgehead atoms. The first-order valence-corrected chi connectivity index (χ1v) is 12.1. The lowest BCUT2D eigenvalue weighted by Gasteiger charge is -2.39. The molecule has 4 nitrogen and oxygen atoms in total. The van der Waals surface area contributed by atoms with E-state index in [-0.39, 0.29) is 24.3 Å². The number of carbonyl (C=O) groups excluding carboxylic acids is 2. The highest BCUT2D eigenvalue weighted by Gasteiger charge is 2.92. The zero-order valence-electron chi connectivity index (χ0n) is 23.6. The highest BCUT2D eigenvalue weighted by Crippen LogP contribution is 2.62. The SMILES string of the molecule is O=C(/C=C\C=C/C(=O)OCCC(F)(F)C(F)(F)C(F)(F)C(F)(F)C(F)(F)C(F)(F)F)OCCC(F)(F)C(F)(F)C(F)(F)C(F)(F)C(F)(F)C(F)(F)F. The Bertz CT molecular complexity index is 1220. The molecule has 52 heavy (non-hydrogen) atoms. The summed E-state index contributed by atoms with van der Waals surface area (Å²) in [6.45, 7) is -4.43. The highest BCUT2D eigenvalue weighted by molar-refractivity contribution is 5.84. The van der Waals surface area contributed by atoms with Crippen molar-refractivity contribution in [2.75, 3.05) is 13.2 Å². The monoisotopic (exact) mass is 834 g/mol. The van der Waals surface area contributed by atoms with E-state index in [4.69, 9.17) is 0 Å². The first-order valence-electron chi connectivity index (χ1n) is 12.1. The molecule has 0 aliphatic heterocycles. The van der Waals surface area contributed by atoms with Crippen molar-refractivity contribution in [2.45, 2.75) is 84.4 Å². The molecule has 0 saturated carbocycles. The number of hydrogen-bond acceptors (Lipinski definition) is 4. The second kappa shape index (κ2) is 14.4. The van der Waals surface area contributed by atoms with Crippen LogP contribution in [0.3, 0.4) is 0 Å². The van der Waals surface area contributed by atoms with Crippen LogP contribution in [0, 0.1) is 0 Å². The van der Waals surface area contributed by atoms with Gasteiger partial charge in [0.1, 0.15) is 0 Å². The molecule has 0 aromatic heterocycles. The molecular formula is C22H12F26O4. The first-order chi connectivity index (χ1) is 22.5. The van der Waals surface area contributed by atoms with Gasteiger partial charge < -0.3 is 9.47 Å². The van der Waals surface area contributed by atoms with Crippen LogP contribution in [0.5, 0.6) is 0 Å². The Balaban J connectivity index is 5.38. The zero-order valence-corrected chi connectivity index (χ0v) is 23.6. The van der Waals surface area contributed by atoms with Crippen molar-refractivity contribution in [1.82, 2.24) is 0 Å². The summed E-state index contributed by atoms with van der Waals surface area (Å²) in [6.07, 6.45) is -21.0. The van der Waals surface area contributed by atoms with Gasteiger partial charge in [-0.15, -0.1) is 0 Å². The average Bonchev–Trinajstić information content (AvgIpc) is 2.93. The third-order valence-corrected chi connectivity index (χ3v) is 5.89. The Morgan fingerprint density at radius 1 is 0.346 bits per heavy atom. The molecule has 0 aromatic carbocycles. The van der Waals surface area contributed by atoms with Crippen LogP contribution in [0.25, 0.3) is 0 Å². The molecule has 0 atom stereocenters. The molecule has 0 rings (SSSR count). The molecule has 0 aliphatic rings. The standard InChI is InChI=1S/C22H12F26O4/c23-11(24,13(27,28)15(31,32)17(35,36)19(39,40)21(43,44)45)5-7-51-9(49)3-1-2-4-10(50)52-8-6-12(25,26)14(29,30)16(33,34)18(37,38)20(41,42)22(46,47)48/h1-4H,5-8H2/b3-1-,4-2-. The van der Waals surface area contributed by atoms with Gasteiger partial charge in [0, 0.05) is 12.2 Å². The van der Waals surface area contributed by atoms with Crippen LogP contribution in [0.1, 0.15) is 12.8 Å². The van der Waals surface area contributed by atoms with Crippen LogP contribution >= 0.6 is 0 Å². The molecule has 306 valence electrons. The van der Waals surface area contributed by atoms with Crippen LogP contribution in [-0.4, -0.2) is 96.7 Å². The molecule has 0 unspecified atom stereocenters. The van der Waals surface area contributed by atoms with Gasteiger partial charge in [0.25, 0.3) is 0 Å². The molecule has 0 aromatic rings. The Hall–Kier alpha value is -3.40. The van der Waals surface area contributed by atoms with Gasteiger partial charge in [-0.25, -0.2) is 9.59 Å². The van der Waals surface area contributed by atoms with E-state index in [1.807, 2.05) is 0 Å². The second-order valence-corrected chi connectivity index (χ2v) is 9.55. The predicted octanol–water partition coefficient (Wildman–Crippen LogP) is 9.44. The lowest BCUT2D eigenvalue weighted by molar-refractivity contribution is -0.440. The Labute approximate surface area is 268 Å². The minimum absolute atomic E-state index is 0.0691. The number of allylic oxidation sites excluding steroid dienone is 2. The van der Waals surface area contributed by atoms with Crippen molar-refractivity contribution >= 4 is 11.9 Å². The maximum absolute atomic E-state index is 13.6. The minimum atomic E-state index is -8.20. The number of ether oxygens (including phenoxy) is 2. The maximum Gasteiger partial charge on any atom is 0.460 e. The number of halogens is 26. The first kappa shape index (κ1) is 48.6. The molecule has 0 amide bonds. The van der Waals surface area contributed by atoms with Gasteiger partial charge in [0.15, 0.2) is 0 Å². The normalized spacial score (nSPS) is 15.8. The van der Waals surface area contributed by atoms with Crippen molar-refractivity contribution in [3.63, 3.8) is 0 Å². The number of rotatable bonds is 17. The van der Waals surface area contributed by atoms with Gasteiger partial charge in [0.05, 0.1) is 26.1 Å². The topological polar surface area (TPSA) is 52.6 Å². The van der Waals surface area contributed by atoms with Crippen LogP contribution in [0.2, 0.25) is 0 Å². The van der Waals surface area contributed by atoms with Crippen LogP contribution in [0.15, 0.2) is 24.3 Å². The van der Waals surface area contributed by atoms with Gasteiger partial charge in [-0.2, -0.15) is 114 Å². The lowest BCUT2D eigenvalue weighted by Crippen LogP contribution is -2.70. The number of hydrogen-bond donors (Lipinski definition) is 0. The fourth-order valence-electron chi connectivity index (χ4n) is 2.84. The number of carbonyl (C=O) groups is 2. The molecule has 0 heterocycles. The van der Waals surface area contributed by atoms with Gasteiger partial charge in [-0.05, 0) is 0 Å². The summed E-state index contributed by atoms with van der Waals surface area (Å²) in [6, 6.07) is 0. The van der Waals surface area contributed by atoms with Crippen molar-refractivity contribution < 1.29 is 133 Å². The summed E-state index contributed by atoms with van der Waals surface area (Å²) >= 11 is 0. The zero-order chi connectivity index (χ0) is 42.2. The Morgan fingerprint density at radius 2 is 0.558 bits per heavy atom. The quantitative estimate of drug-likeness (QED) is 0.0635. The third-order valence-electron chi connectivity index (χ3n) is 5.89. The van der Waals surface area contributed by atoms with E-state index in [9.17, 15) is 124 Å². The van der Waals surface area contributed by atoms with Crippen molar-refractivity contribution in [3.8, 4) is 0 Å². The van der Waals surface area contributed by atoms with Crippen molar-refractivity contribution in [2.24, 2.45) is 0 Å². The van der Waals surface area contributed by atoms with Crippen LogP contribution in [-0.2, 0) is 19.1 Å². The molecule has 30 heteroatoms. The van der Waals surface area contributed by atoms with E-state index in [1.165, 1.54) is 0 Å². The van der Waals surface area contributed by atoms with E-state index in [1.54, 1.807) is 0 Å². The van der Waals surface area contributed by atoms with Gasteiger partial charge in [0.2, 0.25) is 0 Å². The van der Waals surface area contributed by atoms with Crippen LogP contribution in [0.4, 0.5) is 114 Å². The van der Waals surface area contributed by atoms with Gasteiger partial charge >= 0.3 is 83.5 Å². The van der Waals surface area contributed by atoms with E-state index in [0.29, 0.717) is 0 Å². The highest BCUT2D eigenvalue weighted by atomic mass is 19.4. The van der Waals surface area contributed by atoms with E-state index >= 15 is 0 Å². The van der Waals surface area contributed by atoms with E-state index in [2.05, 4.69) is 9.47 Å². The van der Waals surface area contributed by atoms with Crippen molar-refractivity contribution in [1.29, 1.82) is 0 Å². The summed E-state index contributed by atoms with van der Waals surface area (Å²) in [5.41, 5.74) is 0. The fourth-order valence-corrected chi connectivity index (χ4v) is 2.84. The third kappa shape index (κ3) is 8.37. The Kier molecular flexibility index (Phi) is 13.5. The predicted molar refractivity (Wildman–Crippen MR) is 111 cm³/mol. The van der Waals surface area contributed by atoms with Crippen molar-refractivity contribution in [3.05, 3.63) is 24.3 Å².